The molecule has 2 N–H and O–H groups in total. The lowest BCUT2D eigenvalue weighted by Crippen LogP contribution is -2.41. The van der Waals surface area contributed by atoms with Crippen molar-refractivity contribution in [1.29, 1.82) is 0 Å². The maximum Gasteiger partial charge on any atom is 0.410 e. The molecule has 0 spiro atoms. The van der Waals surface area contributed by atoms with Gasteiger partial charge in [-0.2, -0.15) is 5.10 Å². The fourth-order valence-corrected chi connectivity index (χ4v) is 5.66. The van der Waals surface area contributed by atoms with E-state index in [0.29, 0.717) is 42.5 Å². The van der Waals surface area contributed by atoms with E-state index in [4.69, 9.17) is 25.3 Å². The highest BCUT2D eigenvalue weighted by atomic mass is 16.6. The predicted octanol–water partition coefficient (Wildman–Crippen LogP) is 4.60. The molecule has 4 aromatic rings. The van der Waals surface area contributed by atoms with Crippen LogP contribution in [0.2, 0.25) is 0 Å². The Hall–Kier alpha value is -4.10. The van der Waals surface area contributed by atoms with Crippen molar-refractivity contribution >= 4 is 33.8 Å². The Morgan fingerprint density at radius 2 is 1.95 bits per heavy atom. The lowest BCUT2D eigenvalue weighted by Gasteiger charge is -2.28. The van der Waals surface area contributed by atoms with Crippen LogP contribution in [0, 0.1) is 18.8 Å². The van der Waals surface area contributed by atoms with Gasteiger partial charge >= 0.3 is 6.09 Å². The summed E-state index contributed by atoms with van der Waals surface area (Å²) in [7, 11) is 1.64. The summed E-state index contributed by atoms with van der Waals surface area (Å²) in [5.74, 6) is 7.92. The Balaban J connectivity index is 1.34. The van der Waals surface area contributed by atoms with Gasteiger partial charge in [0.25, 0.3) is 0 Å². The number of benzene rings is 1. The molecule has 1 saturated carbocycles. The maximum absolute atomic E-state index is 13.0. The SMILES string of the molecule is COC[C@H]1C[C@H](n2nc(C#Cc3ccc4c(c3)nc(C)n4C3CC3)c3c(N)nccc32)CN1C(=O)OC(C)(C)C. The number of nitrogens with two attached hydrogens (primary N) is 1. The van der Waals surface area contributed by atoms with E-state index in [1.165, 1.54) is 12.8 Å². The van der Waals surface area contributed by atoms with Crippen molar-refractivity contribution in [1.82, 2.24) is 29.2 Å². The van der Waals surface area contributed by atoms with Crippen LogP contribution in [0.4, 0.5) is 10.6 Å². The minimum absolute atomic E-state index is 0.0989. The van der Waals surface area contributed by atoms with E-state index in [9.17, 15) is 4.79 Å². The quantitative estimate of drug-likeness (QED) is 0.376. The van der Waals surface area contributed by atoms with Crippen LogP contribution in [0.5, 0.6) is 0 Å². The van der Waals surface area contributed by atoms with Gasteiger partial charge in [0.2, 0.25) is 0 Å². The van der Waals surface area contributed by atoms with E-state index in [2.05, 4.69) is 34.4 Å². The highest BCUT2D eigenvalue weighted by Gasteiger charge is 2.39. The number of rotatable bonds is 4. The zero-order valence-corrected chi connectivity index (χ0v) is 23.6. The molecule has 1 amide bonds. The third-order valence-electron chi connectivity index (χ3n) is 7.48. The molecule has 40 heavy (non-hydrogen) atoms. The number of hydrogen-bond donors (Lipinski definition) is 1. The number of hydrogen-bond acceptors (Lipinski definition) is 7. The van der Waals surface area contributed by atoms with Gasteiger partial charge in [-0.25, -0.2) is 14.8 Å². The molecule has 6 rings (SSSR count). The number of likely N-dealkylation sites (tertiary alicyclic amines) is 1. The highest BCUT2D eigenvalue weighted by Crippen LogP contribution is 2.38. The molecule has 4 heterocycles. The van der Waals surface area contributed by atoms with E-state index in [1.807, 2.05) is 43.7 Å². The van der Waals surface area contributed by atoms with Gasteiger partial charge < -0.3 is 24.7 Å². The van der Waals surface area contributed by atoms with Crippen LogP contribution in [0.1, 0.15) is 69.2 Å². The summed E-state index contributed by atoms with van der Waals surface area (Å²) in [6.45, 7) is 8.50. The Kier molecular flexibility index (Phi) is 6.42. The third-order valence-corrected chi connectivity index (χ3v) is 7.48. The van der Waals surface area contributed by atoms with Gasteiger partial charge in [-0.1, -0.05) is 5.92 Å². The number of anilines is 1. The number of pyridine rings is 1. The van der Waals surface area contributed by atoms with Crippen molar-refractivity contribution in [2.45, 2.75) is 70.7 Å². The first-order valence-electron chi connectivity index (χ1n) is 13.7. The molecule has 2 atom stereocenters. The molecule has 1 aliphatic carbocycles. The highest BCUT2D eigenvalue weighted by molar-refractivity contribution is 5.93. The number of aryl methyl sites for hydroxylation is 1. The van der Waals surface area contributed by atoms with Gasteiger partial charge in [-0.3, -0.25) is 4.68 Å². The van der Waals surface area contributed by atoms with Crippen molar-refractivity contribution < 1.29 is 14.3 Å². The van der Waals surface area contributed by atoms with Crippen molar-refractivity contribution in [3.05, 3.63) is 47.5 Å². The van der Waals surface area contributed by atoms with Gasteiger partial charge in [0, 0.05) is 31.5 Å². The van der Waals surface area contributed by atoms with Gasteiger partial charge in [0.05, 0.1) is 40.6 Å². The molecule has 1 aromatic carbocycles. The lowest BCUT2D eigenvalue weighted by atomic mass is 10.1. The third kappa shape index (κ3) is 4.86. The number of amides is 1. The number of fused-ring (bicyclic) bond motifs is 2. The zero-order chi connectivity index (χ0) is 28.2. The summed E-state index contributed by atoms with van der Waals surface area (Å²) < 4.78 is 15.4. The molecule has 10 nitrogen and oxygen atoms in total. The summed E-state index contributed by atoms with van der Waals surface area (Å²) in [4.78, 5) is 23.8. The summed E-state index contributed by atoms with van der Waals surface area (Å²) in [5.41, 5.74) is 10.1. The van der Waals surface area contributed by atoms with Gasteiger partial charge in [0.15, 0.2) is 0 Å². The second-order valence-corrected chi connectivity index (χ2v) is 11.7. The molecule has 0 radical (unpaired) electrons. The Morgan fingerprint density at radius 3 is 2.67 bits per heavy atom. The molecular weight excluding hydrogens is 506 g/mol. The molecule has 2 fully saturated rings. The number of imidazole rings is 1. The number of carbonyl (C=O) groups excluding carboxylic acids is 1. The number of carbonyl (C=O) groups is 1. The largest absolute Gasteiger partial charge is 0.444 e. The van der Waals surface area contributed by atoms with E-state index >= 15 is 0 Å². The number of ether oxygens (including phenoxy) is 2. The molecule has 2 aliphatic rings. The van der Waals surface area contributed by atoms with Crippen LogP contribution in [0.25, 0.3) is 21.9 Å². The van der Waals surface area contributed by atoms with Gasteiger partial charge in [-0.15, -0.1) is 0 Å². The Labute approximate surface area is 233 Å². The first-order valence-corrected chi connectivity index (χ1v) is 13.7. The zero-order valence-electron chi connectivity index (χ0n) is 23.6. The number of aromatic nitrogens is 5. The molecular formula is C30H35N7O3. The van der Waals surface area contributed by atoms with Crippen LogP contribution in [-0.2, 0) is 9.47 Å². The molecule has 1 aliphatic heterocycles. The molecule has 0 unspecified atom stereocenters. The van der Waals surface area contributed by atoms with Gasteiger partial charge in [0.1, 0.15) is 22.9 Å². The lowest BCUT2D eigenvalue weighted by molar-refractivity contribution is 0.0145. The monoisotopic (exact) mass is 541 g/mol. The van der Waals surface area contributed by atoms with E-state index < -0.39 is 5.60 Å². The fourth-order valence-electron chi connectivity index (χ4n) is 5.66. The minimum Gasteiger partial charge on any atom is -0.444 e. The fraction of sp³-hybridized carbons (Fsp3) is 0.467. The van der Waals surface area contributed by atoms with Gasteiger partial charge in [-0.05, 0) is 77.1 Å². The summed E-state index contributed by atoms with van der Waals surface area (Å²) >= 11 is 0. The molecule has 3 aromatic heterocycles. The number of nitrogen functional groups attached to an aromatic ring is 1. The van der Waals surface area contributed by atoms with Crippen molar-refractivity contribution in [3.8, 4) is 11.8 Å². The van der Waals surface area contributed by atoms with Crippen LogP contribution < -0.4 is 5.73 Å². The second kappa shape index (κ2) is 9.82. The summed E-state index contributed by atoms with van der Waals surface area (Å²) in [6, 6.07) is 8.38. The van der Waals surface area contributed by atoms with Crippen LogP contribution in [0.15, 0.2) is 30.5 Å². The second-order valence-electron chi connectivity index (χ2n) is 11.7. The first kappa shape index (κ1) is 26.1. The average molecular weight is 542 g/mol. The van der Waals surface area contributed by atoms with E-state index in [1.54, 1.807) is 18.2 Å². The Bertz CT molecular complexity index is 1670. The van der Waals surface area contributed by atoms with E-state index in [-0.39, 0.29) is 18.2 Å². The van der Waals surface area contributed by atoms with Crippen LogP contribution >= 0.6 is 0 Å². The molecule has 10 heteroatoms. The normalized spacial score (nSPS) is 19.3. The summed E-state index contributed by atoms with van der Waals surface area (Å²) in [5, 5.41) is 5.62. The van der Waals surface area contributed by atoms with E-state index in [0.717, 1.165) is 27.9 Å². The smallest absolute Gasteiger partial charge is 0.410 e. The standard InChI is InChI=1S/C30H35N7O3/c1-18-33-24-14-19(7-11-25(24)36(18)20-8-9-20)6-10-23-27-26(12-13-32-28(27)31)37(34-23)21-15-22(17-39-5)35(16-21)29(38)40-30(2,3)4/h7,11-14,20-22H,8-9,15-17H2,1-5H3,(H2,31,32)/t21-,22+/m0/s1. The van der Waals surface area contributed by atoms with Crippen LogP contribution in [-0.4, -0.2) is 67.2 Å². The van der Waals surface area contributed by atoms with Crippen molar-refractivity contribution in [2.24, 2.45) is 0 Å². The number of methoxy groups -OCH3 is 1. The average Bonchev–Trinajstić information content (AvgIpc) is 3.37. The first-order chi connectivity index (χ1) is 19.1. The number of nitrogens with zero attached hydrogens (tertiary/aromatic N) is 6. The predicted molar refractivity (Wildman–Crippen MR) is 153 cm³/mol. The van der Waals surface area contributed by atoms with Crippen molar-refractivity contribution in [3.63, 3.8) is 0 Å². The van der Waals surface area contributed by atoms with Crippen LogP contribution in [0.3, 0.4) is 0 Å². The molecule has 208 valence electrons. The maximum atomic E-state index is 13.0. The van der Waals surface area contributed by atoms with Crippen molar-refractivity contribution in [2.75, 3.05) is 26.0 Å². The minimum atomic E-state index is -0.591. The molecule has 1 saturated heterocycles. The topological polar surface area (TPSA) is 113 Å². The Morgan fingerprint density at radius 1 is 1.15 bits per heavy atom. The molecule has 0 bridgehead atoms. The summed E-state index contributed by atoms with van der Waals surface area (Å²) in [6.07, 6.45) is 4.40.